The van der Waals surface area contributed by atoms with Crippen molar-refractivity contribution in [2.75, 3.05) is 0 Å². The van der Waals surface area contributed by atoms with Gasteiger partial charge in [-0.2, -0.15) is 0 Å². The van der Waals surface area contributed by atoms with E-state index in [2.05, 4.69) is 0 Å². The van der Waals surface area contributed by atoms with Crippen molar-refractivity contribution in [2.24, 2.45) is 0 Å². The first-order valence-corrected chi connectivity index (χ1v) is 4.58. The van der Waals surface area contributed by atoms with Crippen molar-refractivity contribution in [1.29, 1.82) is 0 Å². The molecule has 1 unspecified atom stereocenters. The minimum atomic E-state index is -0.691. The van der Waals surface area contributed by atoms with Gasteiger partial charge in [0.05, 0.1) is 0 Å². The minimum Gasteiger partial charge on any atom is -0.338 e. The highest BCUT2D eigenvalue weighted by Gasteiger charge is 2.53. The van der Waals surface area contributed by atoms with Gasteiger partial charge in [-0.3, -0.25) is 4.79 Å². The molecule has 3 atom stereocenters. The van der Waals surface area contributed by atoms with E-state index in [-0.39, 0.29) is 11.9 Å². The first-order valence-electron chi connectivity index (χ1n) is 4.58. The number of rotatable bonds is 1. The van der Waals surface area contributed by atoms with Gasteiger partial charge >= 0.3 is 0 Å². The van der Waals surface area contributed by atoms with Crippen LogP contribution in [0.5, 0.6) is 0 Å². The number of hydrogen-bond acceptors (Lipinski definition) is 4. The van der Waals surface area contributed by atoms with E-state index in [9.17, 15) is 4.79 Å². The lowest BCUT2D eigenvalue weighted by atomic mass is 10.1. The Morgan fingerprint density at radius 2 is 2.08 bits per heavy atom. The van der Waals surface area contributed by atoms with Crippen LogP contribution in [0, 0.1) is 0 Å². The maximum absolute atomic E-state index is 11.6. The Hall–Kier alpha value is -0.450. The van der Waals surface area contributed by atoms with E-state index in [1.54, 1.807) is 13.8 Å². The van der Waals surface area contributed by atoms with Crippen LogP contribution in [0.3, 0.4) is 0 Å². The number of ketones is 1. The van der Waals surface area contributed by atoms with Gasteiger partial charge in [0.2, 0.25) is 0 Å². The van der Waals surface area contributed by atoms with Gasteiger partial charge in [-0.05, 0) is 20.3 Å². The fourth-order valence-electron chi connectivity index (χ4n) is 1.73. The molecule has 0 aromatic carbocycles. The average molecular weight is 186 g/mol. The molecule has 2 saturated heterocycles. The monoisotopic (exact) mass is 186 g/mol. The number of carbonyl (C=O) groups excluding carboxylic acids is 1. The summed E-state index contributed by atoms with van der Waals surface area (Å²) in [6, 6.07) is 0. The molecular formula is C9H14O4. The summed E-state index contributed by atoms with van der Waals surface area (Å²) >= 11 is 0. The van der Waals surface area contributed by atoms with Gasteiger partial charge in [-0.1, -0.05) is 6.92 Å². The van der Waals surface area contributed by atoms with Gasteiger partial charge in [0.25, 0.3) is 0 Å². The third-order valence-electron chi connectivity index (χ3n) is 2.32. The molecule has 4 heteroatoms. The van der Waals surface area contributed by atoms with Crippen LogP contribution in [0.25, 0.3) is 0 Å². The van der Waals surface area contributed by atoms with Gasteiger partial charge in [0.15, 0.2) is 24.0 Å². The SMILES string of the molecule is CC[C@H]1O[C@@H]2OC(C)(C)OC2C1=O. The molecule has 2 aliphatic heterocycles. The molecule has 4 nitrogen and oxygen atoms in total. The molecule has 13 heavy (non-hydrogen) atoms. The maximum atomic E-state index is 11.6. The Labute approximate surface area is 77.1 Å². The lowest BCUT2D eigenvalue weighted by molar-refractivity contribution is -0.204. The zero-order chi connectivity index (χ0) is 9.64. The molecule has 0 aromatic heterocycles. The smallest absolute Gasteiger partial charge is 0.195 e. The predicted octanol–water partition coefficient (Wildman–Crippen LogP) is 0.842. The molecule has 0 radical (unpaired) electrons. The van der Waals surface area contributed by atoms with E-state index in [1.807, 2.05) is 6.92 Å². The van der Waals surface area contributed by atoms with E-state index in [4.69, 9.17) is 14.2 Å². The first-order chi connectivity index (χ1) is 6.03. The zero-order valence-corrected chi connectivity index (χ0v) is 8.07. The van der Waals surface area contributed by atoms with Crippen molar-refractivity contribution in [3.8, 4) is 0 Å². The molecule has 0 spiro atoms. The molecule has 0 aromatic rings. The van der Waals surface area contributed by atoms with Crippen molar-refractivity contribution >= 4 is 5.78 Å². The highest BCUT2D eigenvalue weighted by Crippen LogP contribution is 2.35. The van der Waals surface area contributed by atoms with Crippen LogP contribution in [0.1, 0.15) is 27.2 Å². The highest BCUT2D eigenvalue weighted by atomic mass is 16.8. The molecule has 0 amide bonds. The third-order valence-corrected chi connectivity index (χ3v) is 2.32. The molecule has 2 heterocycles. The van der Waals surface area contributed by atoms with Gasteiger partial charge in [0.1, 0.15) is 6.10 Å². The standard InChI is InChI=1S/C9H14O4/c1-4-5-6(10)7-8(11-5)13-9(2,3)12-7/h5,7-8H,4H2,1-3H3/t5-,7?,8-/m1/s1. The number of ether oxygens (including phenoxy) is 3. The van der Waals surface area contributed by atoms with Crippen LogP contribution in [-0.4, -0.2) is 30.1 Å². The van der Waals surface area contributed by atoms with Crippen molar-refractivity contribution in [3.05, 3.63) is 0 Å². The van der Waals surface area contributed by atoms with Crippen molar-refractivity contribution in [3.63, 3.8) is 0 Å². The summed E-state index contributed by atoms with van der Waals surface area (Å²) in [6.07, 6.45) is -0.669. The van der Waals surface area contributed by atoms with E-state index >= 15 is 0 Å². The second kappa shape index (κ2) is 2.77. The van der Waals surface area contributed by atoms with Crippen LogP contribution in [0.4, 0.5) is 0 Å². The minimum absolute atomic E-state index is 0.0121. The fourth-order valence-corrected chi connectivity index (χ4v) is 1.73. The number of Topliss-reactive ketones (excluding diaryl/α,β-unsaturated/α-hetero) is 1. The molecule has 74 valence electrons. The van der Waals surface area contributed by atoms with Crippen molar-refractivity contribution in [2.45, 2.75) is 51.5 Å². The van der Waals surface area contributed by atoms with E-state index in [0.29, 0.717) is 6.42 Å². The highest BCUT2D eigenvalue weighted by molar-refractivity contribution is 5.89. The molecule has 0 aliphatic carbocycles. The summed E-state index contributed by atoms with van der Waals surface area (Å²) in [6.45, 7) is 5.47. The van der Waals surface area contributed by atoms with Crippen molar-refractivity contribution < 1.29 is 19.0 Å². The lowest BCUT2D eigenvalue weighted by Crippen LogP contribution is -2.29. The Kier molecular flexibility index (Phi) is 1.94. The van der Waals surface area contributed by atoms with E-state index < -0.39 is 18.2 Å². The Bertz CT molecular complexity index is 236. The summed E-state index contributed by atoms with van der Waals surface area (Å²) in [4.78, 5) is 11.6. The fraction of sp³-hybridized carbons (Fsp3) is 0.889. The molecule has 0 N–H and O–H groups in total. The normalized spacial score (nSPS) is 42.4. The molecule has 2 aliphatic rings. The molecule has 0 saturated carbocycles. The van der Waals surface area contributed by atoms with Gasteiger partial charge < -0.3 is 14.2 Å². The molecular weight excluding hydrogens is 172 g/mol. The molecule has 0 bridgehead atoms. The predicted molar refractivity (Wildman–Crippen MR) is 44.0 cm³/mol. The Morgan fingerprint density at radius 3 is 2.62 bits per heavy atom. The van der Waals surface area contributed by atoms with Gasteiger partial charge in [-0.15, -0.1) is 0 Å². The van der Waals surface area contributed by atoms with Crippen molar-refractivity contribution in [1.82, 2.24) is 0 Å². The maximum Gasteiger partial charge on any atom is 0.195 e. The quantitative estimate of drug-likeness (QED) is 0.608. The largest absolute Gasteiger partial charge is 0.338 e. The number of carbonyl (C=O) groups is 1. The molecule has 2 rings (SSSR count). The molecule has 2 fully saturated rings. The van der Waals surface area contributed by atoms with Gasteiger partial charge in [-0.25, -0.2) is 0 Å². The van der Waals surface area contributed by atoms with Crippen LogP contribution in [0.15, 0.2) is 0 Å². The van der Waals surface area contributed by atoms with E-state index in [0.717, 1.165) is 0 Å². The first kappa shape index (κ1) is 9.12. The van der Waals surface area contributed by atoms with Crippen LogP contribution < -0.4 is 0 Å². The Balaban J connectivity index is 2.11. The number of hydrogen-bond donors (Lipinski definition) is 0. The topological polar surface area (TPSA) is 44.8 Å². The van der Waals surface area contributed by atoms with Crippen LogP contribution >= 0.6 is 0 Å². The number of fused-ring (bicyclic) bond motifs is 1. The van der Waals surface area contributed by atoms with Gasteiger partial charge in [0, 0.05) is 0 Å². The summed E-state index contributed by atoms with van der Waals surface area (Å²) in [7, 11) is 0. The summed E-state index contributed by atoms with van der Waals surface area (Å²) in [5, 5.41) is 0. The third kappa shape index (κ3) is 1.39. The van der Waals surface area contributed by atoms with Crippen LogP contribution in [0.2, 0.25) is 0 Å². The summed E-state index contributed by atoms with van der Waals surface area (Å²) < 4.78 is 16.2. The average Bonchev–Trinajstić information content (AvgIpc) is 2.47. The summed E-state index contributed by atoms with van der Waals surface area (Å²) in [5.41, 5.74) is 0. The summed E-state index contributed by atoms with van der Waals surface area (Å²) in [5.74, 6) is -0.679. The van der Waals surface area contributed by atoms with E-state index in [1.165, 1.54) is 0 Å². The zero-order valence-electron chi connectivity index (χ0n) is 8.07. The van der Waals surface area contributed by atoms with Crippen LogP contribution in [-0.2, 0) is 19.0 Å². The Morgan fingerprint density at radius 1 is 1.38 bits per heavy atom. The second-order valence-corrected chi connectivity index (χ2v) is 3.86. The lowest BCUT2D eigenvalue weighted by Gasteiger charge is -2.19. The second-order valence-electron chi connectivity index (χ2n) is 3.86.